The van der Waals surface area contributed by atoms with E-state index < -0.39 is 21.7 Å². The van der Waals surface area contributed by atoms with Crippen molar-refractivity contribution in [1.29, 1.82) is 0 Å². The first kappa shape index (κ1) is 24.8. The fraction of sp³-hybridized carbons (Fsp3) is 0.480. The van der Waals surface area contributed by atoms with Crippen LogP contribution in [0.4, 0.5) is 8.78 Å². The number of piperidine rings is 2. The predicted octanol–water partition coefficient (Wildman–Crippen LogP) is 3.78. The van der Waals surface area contributed by atoms with Gasteiger partial charge in [-0.2, -0.15) is 4.31 Å². The zero-order valence-electron chi connectivity index (χ0n) is 19.3. The Morgan fingerprint density at radius 3 is 2.21 bits per heavy atom. The zero-order chi connectivity index (χ0) is 24.3. The number of carbonyl (C=O) groups excluding carboxylic acids is 1. The SMILES string of the molecule is CC1CCN(S(=O)(=O)c2ccc(C(=O)NC3CCN(Cc4ccc(F)c(F)c4)CC3)cc2)CC1. The largest absolute Gasteiger partial charge is 0.349 e. The molecule has 2 aromatic rings. The van der Waals surface area contributed by atoms with Crippen molar-refractivity contribution in [3.63, 3.8) is 0 Å². The van der Waals surface area contributed by atoms with E-state index in [1.54, 1.807) is 18.2 Å². The molecule has 0 saturated carbocycles. The van der Waals surface area contributed by atoms with Gasteiger partial charge in [0.1, 0.15) is 0 Å². The third-order valence-electron chi connectivity index (χ3n) is 6.81. The van der Waals surface area contributed by atoms with Crippen LogP contribution in [0.15, 0.2) is 47.4 Å². The molecule has 184 valence electrons. The molecule has 0 aromatic heterocycles. The Balaban J connectivity index is 1.28. The third kappa shape index (κ3) is 5.82. The minimum atomic E-state index is -3.54. The molecule has 2 saturated heterocycles. The fourth-order valence-corrected chi connectivity index (χ4v) is 6.02. The van der Waals surface area contributed by atoms with Crippen molar-refractivity contribution in [2.24, 2.45) is 5.92 Å². The van der Waals surface area contributed by atoms with Gasteiger partial charge in [0, 0.05) is 44.3 Å². The lowest BCUT2D eigenvalue weighted by Crippen LogP contribution is -2.44. The van der Waals surface area contributed by atoms with Gasteiger partial charge in [-0.1, -0.05) is 13.0 Å². The van der Waals surface area contributed by atoms with Crippen molar-refractivity contribution in [2.45, 2.75) is 50.1 Å². The molecule has 0 aliphatic carbocycles. The normalized spacial score (nSPS) is 19.3. The molecular weight excluding hydrogens is 460 g/mol. The molecule has 1 N–H and O–H groups in total. The van der Waals surface area contributed by atoms with Crippen LogP contribution in [0.2, 0.25) is 0 Å². The molecule has 2 aliphatic heterocycles. The van der Waals surface area contributed by atoms with Crippen LogP contribution in [0, 0.1) is 17.6 Å². The highest BCUT2D eigenvalue weighted by Crippen LogP contribution is 2.24. The molecule has 2 heterocycles. The maximum atomic E-state index is 13.4. The van der Waals surface area contributed by atoms with Crippen LogP contribution < -0.4 is 5.32 Å². The molecule has 0 unspecified atom stereocenters. The second-order valence-electron chi connectivity index (χ2n) is 9.38. The van der Waals surface area contributed by atoms with Gasteiger partial charge in [0.2, 0.25) is 10.0 Å². The lowest BCUT2D eigenvalue weighted by molar-refractivity contribution is 0.0908. The first-order valence-corrected chi connectivity index (χ1v) is 13.2. The number of carbonyl (C=O) groups is 1. The van der Waals surface area contributed by atoms with E-state index in [1.165, 1.54) is 22.5 Å². The number of nitrogens with zero attached hydrogens (tertiary/aromatic N) is 2. The van der Waals surface area contributed by atoms with Crippen LogP contribution >= 0.6 is 0 Å². The maximum absolute atomic E-state index is 13.4. The number of nitrogens with one attached hydrogen (secondary N) is 1. The van der Waals surface area contributed by atoms with Gasteiger partial charge in [-0.25, -0.2) is 17.2 Å². The van der Waals surface area contributed by atoms with Gasteiger partial charge in [-0.15, -0.1) is 0 Å². The summed E-state index contributed by atoms with van der Waals surface area (Å²) in [4.78, 5) is 15.1. The molecule has 0 atom stereocenters. The summed E-state index contributed by atoms with van der Waals surface area (Å²) in [5, 5.41) is 3.03. The van der Waals surface area contributed by atoms with E-state index in [9.17, 15) is 22.0 Å². The van der Waals surface area contributed by atoms with Crippen LogP contribution in [-0.4, -0.2) is 55.8 Å². The summed E-state index contributed by atoms with van der Waals surface area (Å²) in [6.07, 6.45) is 3.21. The summed E-state index contributed by atoms with van der Waals surface area (Å²) in [5.41, 5.74) is 1.14. The third-order valence-corrected chi connectivity index (χ3v) is 8.72. The highest BCUT2D eigenvalue weighted by molar-refractivity contribution is 7.89. The highest BCUT2D eigenvalue weighted by atomic mass is 32.2. The Hall–Kier alpha value is -2.36. The van der Waals surface area contributed by atoms with E-state index in [2.05, 4.69) is 17.1 Å². The van der Waals surface area contributed by atoms with Crippen molar-refractivity contribution in [1.82, 2.24) is 14.5 Å². The van der Waals surface area contributed by atoms with Gasteiger partial charge in [0.25, 0.3) is 5.91 Å². The number of benzene rings is 2. The molecular formula is C25H31F2N3O3S. The van der Waals surface area contributed by atoms with Gasteiger partial charge in [0.15, 0.2) is 11.6 Å². The lowest BCUT2D eigenvalue weighted by Gasteiger charge is -2.32. The van der Waals surface area contributed by atoms with Gasteiger partial charge in [-0.05, 0) is 73.6 Å². The Kier molecular flexibility index (Phi) is 7.64. The number of hydrogen-bond acceptors (Lipinski definition) is 4. The monoisotopic (exact) mass is 491 g/mol. The smallest absolute Gasteiger partial charge is 0.251 e. The Bertz CT molecular complexity index is 1110. The van der Waals surface area contributed by atoms with Crippen LogP contribution in [0.25, 0.3) is 0 Å². The summed E-state index contributed by atoms with van der Waals surface area (Å²) < 4.78 is 53.8. The van der Waals surface area contributed by atoms with E-state index in [4.69, 9.17) is 0 Å². The van der Waals surface area contributed by atoms with E-state index >= 15 is 0 Å². The number of amides is 1. The van der Waals surface area contributed by atoms with Crippen LogP contribution in [0.5, 0.6) is 0 Å². The minimum Gasteiger partial charge on any atom is -0.349 e. The van der Waals surface area contributed by atoms with Crippen LogP contribution in [0.1, 0.15) is 48.5 Å². The topological polar surface area (TPSA) is 69.7 Å². The van der Waals surface area contributed by atoms with Crippen molar-refractivity contribution < 1.29 is 22.0 Å². The molecule has 0 bridgehead atoms. The number of hydrogen-bond donors (Lipinski definition) is 1. The van der Waals surface area contributed by atoms with Gasteiger partial charge >= 0.3 is 0 Å². The summed E-state index contributed by atoms with van der Waals surface area (Å²) in [7, 11) is -3.54. The number of rotatable bonds is 6. The molecule has 4 rings (SSSR count). The van der Waals surface area contributed by atoms with Crippen molar-refractivity contribution in [3.05, 3.63) is 65.2 Å². The summed E-state index contributed by atoms with van der Waals surface area (Å²) in [6.45, 7) is 5.18. The second-order valence-corrected chi connectivity index (χ2v) is 11.3. The van der Waals surface area contributed by atoms with Gasteiger partial charge in [0.05, 0.1) is 4.90 Å². The van der Waals surface area contributed by atoms with E-state index in [0.717, 1.165) is 50.4 Å². The molecule has 34 heavy (non-hydrogen) atoms. The highest BCUT2D eigenvalue weighted by Gasteiger charge is 2.28. The van der Waals surface area contributed by atoms with Crippen LogP contribution in [-0.2, 0) is 16.6 Å². The number of halogens is 2. The lowest BCUT2D eigenvalue weighted by atomic mass is 10.0. The first-order chi connectivity index (χ1) is 16.2. The molecule has 9 heteroatoms. The average Bonchev–Trinajstić information content (AvgIpc) is 2.83. The Morgan fingerprint density at radius 2 is 1.59 bits per heavy atom. The van der Waals surface area contributed by atoms with E-state index in [-0.39, 0.29) is 16.8 Å². The molecule has 1 amide bonds. The van der Waals surface area contributed by atoms with Crippen molar-refractivity contribution >= 4 is 15.9 Å². The minimum absolute atomic E-state index is 0.00690. The van der Waals surface area contributed by atoms with Gasteiger partial charge < -0.3 is 5.32 Å². The van der Waals surface area contributed by atoms with E-state index in [1.807, 2.05) is 0 Å². The number of likely N-dealkylation sites (tertiary alicyclic amines) is 1. The standard InChI is InChI=1S/C25H31F2N3O3S/c1-18-8-14-30(15-9-18)34(32,33)22-5-3-20(4-6-22)25(31)28-21-10-12-29(13-11-21)17-19-2-7-23(26)24(27)16-19/h2-7,16,18,21H,8-15,17H2,1H3,(H,28,31). The maximum Gasteiger partial charge on any atom is 0.251 e. The molecule has 6 nitrogen and oxygen atoms in total. The quantitative estimate of drug-likeness (QED) is 0.668. The first-order valence-electron chi connectivity index (χ1n) is 11.8. The van der Waals surface area contributed by atoms with E-state index in [0.29, 0.717) is 31.1 Å². The second kappa shape index (κ2) is 10.5. The zero-order valence-corrected chi connectivity index (χ0v) is 20.2. The molecule has 0 radical (unpaired) electrons. The van der Waals surface area contributed by atoms with Crippen LogP contribution in [0.3, 0.4) is 0 Å². The fourth-order valence-electron chi connectivity index (χ4n) is 4.55. The average molecular weight is 492 g/mol. The Morgan fingerprint density at radius 1 is 0.941 bits per heavy atom. The summed E-state index contributed by atoms with van der Waals surface area (Å²) in [6, 6.07) is 10.1. The molecule has 2 aromatic carbocycles. The summed E-state index contributed by atoms with van der Waals surface area (Å²) >= 11 is 0. The molecule has 0 spiro atoms. The Labute approximate surface area is 200 Å². The van der Waals surface area contributed by atoms with Gasteiger partial charge in [-0.3, -0.25) is 9.69 Å². The van der Waals surface area contributed by atoms with Crippen molar-refractivity contribution in [3.8, 4) is 0 Å². The summed E-state index contributed by atoms with van der Waals surface area (Å²) in [5.74, 6) is -1.38. The number of sulfonamides is 1. The molecule has 2 fully saturated rings. The molecule has 2 aliphatic rings. The van der Waals surface area contributed by atoms with Crippen molar-refractivity contribution in [2.75, 3.05) is 26.2 Å². The predicted molar refractivity (Wildman–Crippen MR) is 126 cm³/mol.